The van der Waals surface area contributed by atoms with Crippen molar-refractivity contribution in [3.8, 4) is 0 Å². The minimum absolute atomic E-state index is 0.226. The molecule has 0 saturated heterocycles. The van der Waals surface area contributed by atoms with E-state index in [9.17, 15) is 4.79 Å². The van der Waals surface area contributed by atoms with E-state index in [-0.39, 0.29) is 11.9 Å². The van der Waals surface area contributed by atoms with Crippen LogP contribution >= 0.6 is 11.6 Å². The summed E-state index contributed by atoms with van der Waals surface area (Å²) >= 11 is 6.02. The second kappa shape index (κ2) is 7.79. The second-order valence-electron chi connectivity index (χ2n) is 5.15. The fourth-order valence-corrected chi connectivity index (χ4v) is 1.97. The van der Waals surface area contributed by atoms with Crippen LogP contribution in [0.2, 0.25) is 5.02 Å². The number of carbonyl (C=O) groups excluding carboxylic acids is 1. The van der Waals surface area contributed by atoms with Gasteiger partial charge in [0.2, 0.25) is 5.89 Å². The number of nitrogens with one attached hydrogen (secondary N) is 2. The number of hydrogen-bond donors (Lipinski definition) is 2. The van der Waals surface area contributed by atoms with E-state index in [2.05, 4.69) is 20.8 Å². The molecule has 2 rings (SSSR count). The number of hydrogen-bond acceptors (Lipinski definition) is 4. The maximum absolute atomic E-state index is 11.7. The first kappa shape index (κ1) is 16.3. The van der Waals surface area contributed by atoms with Crippen LogP contribution in [0.15, 0.2) is 28.8 Å². The number of urea groups is 1. The summed E-state index contributed by atoms with van der Waals surface area (Å²) in [4.78, 5) is 15.9. The molecule has 1 aromatic carbocycles. The highest BCUT2D eigenvalue weighted by Gasteiger charge is 2.09. The Bertz CT molecular complexity index is 628. The molecule has 0 fully saturated rings. The molecular weight excluding hydrogens is 304 g/mol. The molecule has 0 bridgehead atoms. The van der Waals surface area contributed by atoms with E-state index in [1.54, 1.807) is 6.07 Å². The van der Waals surface area contributed by atoms with Crippen molar-refractivity contribution in [1.82, 2.24) is 20.8 Å². The summed E-state index contributed by atoms with van der Waals surface area (Å²) < 4.78 is 5.10. The van der Waals surface area contributed by atoms with Crippen molar-refractivity contribution >= 4 is 17.6 Å². The molecule has 2 aromatic rings. The summed E-state index contributed by atoms with van der Waals surface area (Å²) in [5.74, 6) is 1.43. The third kappa shape index (κ3) is 4.73. The van der Waals surface area contributed by atoms with Gasteiger partial charge in [-0.2, -0.15) is 4.98 Å². The summed E-state index contributed by atoms with van der Waals surface area (Å²) in [5, 5.41) is 9.99. The fourth-order valence-electron chi connectivity index (χ4n) is 1.77. The monoisotopic (exact) mass is 322 g/mol. The molecule has 6 nitrogen and oxygen atoms in total. The van der Waals surface area contributed by atoms with Gasteiger partial charge < -0.3 is 15.2 Å². The molecule has 22 heavy (non-hydrogen) atoms. The number of amides is 2. The molecular formula is C15H19ClN4O2. The smallest absolute Gasteiger partial charge is 0.315 e. The van der Waals surface area contributed by atoms with Crippen LogP contribution in [0.5, 0.6) is 0 Å². The predicted octanol–water partition coefficient (Wildman–Crippen LogP) is 2.89. The van der Waals surface area contributed by atoms with Gasteiger partial charge in [0.25, 0.3) is 0 Å². The summed E-state index contributed by atoms with van der Waals surface area (Å²) in [6.07, 6.45) is 0.499. The zero-order valence-electron chi connectivity index (χ0n) is 12.6. The van der Waals surface area contributed by atoms with Crippen LogP contribution in [0.4, 0.5) is 4.79 Å². The number of carbonyl (C=O) groups is 1. The van der Waals surface area contributed by atoms with Gasteiger partial charge in [-0.1, -0.05) is 48.8 Å². The molecule has 0 spiro atoms. The average Bonchev–Trinajstić information content (AvgIpc) is 2.95. The largest absolute Gasteiger partial charge is 0.339 e. The Morgan fingerprint density at radius 2 is 2.09 bits per heavy atom. The summed E-state index contributed by atoms with van der Waals surface area (Å²) in [5.41, 5.74) is 0.873. The lowest BCUT2D eigenvalue weighted by atomic mass is 10.2. The van der Waals surface area contributed by atoms with E-state index in [1.807, 2.05) is 32.0 Å². The molecule has 0 aliphatic heterocycles. The van der Waals surface area contributed by atoms with Crippen molar-refractivity contribution in [1.29, 1.82) is 0 Å². The van der Waals surface area contributed by atoms with Gasteiger partial charge in [0.15, 0.2) is 5.82 Å². The minimum Gasteiger partial charge on any atom is -0.339 e. The van der Waals surface area contributed by atoms with Crippen LogP contribution in [0.1, 0.15) is 37.0 Å². The molecule has 7 heteroatoms. The maximum Gasteiger partial charge on any atom is 0.315 e. The molecule has 0 atom stereocenters. The molecule has 0 unspecified atom stereocenters. The Kier molecular flexibility index (Phi) is 5.77. The number of nitrogens with zero attached hydrogens (tertiary/aromatic N) is 2. The van der Waals surface area contributed by atoms with E-state index in [0.29, 0.717) is 36.2 Å². The normalized spacial score (nSPS) is 10.7. The van der Waals surface area contributed by atoms with Crippen molar-refractivity contribution in [3.63, 3.8) is 0 Å². The third-order valence-corrected chi connectivity index (χ3v) is 3.39. The van der Waals surface area contributed by atoms with E-state index in [1.165, 1.54) is 0 Å². The molecule has 2 amide bonds. The van der Waals surface area contributed by atoms with Gasteiger partial charge in [-0.05, 0) is 11.6 Å². The van der Waals surface area contributed by atoms with Gasteiger partial charge in [-0.25, -0.2) is 4.79 Å². The number of aromatic nitrogens is 2. The summed E-state index contributed by atoms with van der Waals surface area (Å²) in [7, 11) is 0. The van der Waals surface area contributed by atoms with Crippen LogP contribution in [-0.2, 0) is 13.0 Å². The molecule has 118 valence electrons. The van der Waals surface area contributed by atoms with Crippen molar-refractivity contribution in [2.45, 2.75) is 32.7 Å². The highest BCUT2D eigenvalue weighted by molar-refractivity contribution is 6.31. The lowest BCUT2D eigenvalue weighted by Gasteiger charge is -2.07. The molecule has 1 aromatic heterocycles. The van der Waals surface area contributed by atoms with E-state index in [4.69, 9.17) is 16.1 Å². The molecule has 0 aliphatic rings. The van der Waals surface area contributed by atoms with Crippen molar-refractivity contribution in [2.24, 2.45) is 0 Å². The van der Waals surface area contributed by atoms with E-state index >= 15 is 0 Å². The first-order valence-electron chi connectivity index (χ1n) is 7.14. The third-order valence-electron chi connectivity index (χ3n) is 3.02. The van der Waals surface area contributed by atoms with Gasteiger partial charge in [0.1, 0.15) is 0 Å². The Morgan fingerprint density at radius 3 is 2.77 bits per heavy atom. The molecule has 0 radical (unpaired) electrons. The van der Waals surface area contributed by atoms with Gasteiger partial charge in [-0.15, -0.1) is 0 Å². The average molecular weight is 323 g/mol. The fraction of sp³-hybridized carbons (Fsp3) is 0.400. The highest BCUT2D eigenvalue weighted by Crippen LogP contribution is 2.14. The summed E-state index contributed by atoms with van der Waals surface area (Å²) in [6.45, 7) is 4.79. The zero-order chi connectivity index (χ0) is 15.9. The first-order valence-corrected chi connectivity index (χ1v) is 7.51. The number of rotatable bonds is 6. The van der Waals surface area contributed by atoms with Gasteiger partial charge in [-0.3, -0.25) is 0 Å². The quantitative estimate of drug-likeness (QED) is 0.857. The number of halogens is 1. The Hall–Kier alpha value is -2.08. The predicted molar refractivity (Wildman–Crippen MR) is 83.8 cm³/mol. The van der Waals surface area contributed by atoms with Crippen molar-refractivity contribution < 1.29 is 9.32 Å². The standard InChI is InChI=1S/C15H19ClN4O2/c1-10(2)14-19-13(22-20-14)7-8-17-15(21)18-9-11-5-3-4-6-12(11)16/h3-6,10H,7-9H2,1-2H3,(H2,17,18,21). The second-order valence-corrected chi connectivity index (χ2v) is 5.56. The molecule has 2 N–H and O–H groups in total. The van der Waals surface area contributed by atoms with Crippen LogP contribution in [0.3, 0.4) is 0 Å². The zero-order valence-corrected chi connectivity index (χ0v) is 13.4. The topological polar surface area (TPSA) is 80.0 Å². The van der Waals surface area contributed by atoms with Crippen LogP contribution in [0, 0.1) is 0 Å². The van der Waals surface area contributed by atoms with Gasteiger partial charge in [0, 0.05) is 30.5 Å². The Morgan fingerprint density at radius 1 is 1.32 bits per heavy atom. The van der Waals surface area contributed by atoms with Crippen molar-refractivity contribution in [2.75, 3.05) is 6.54 Å². The van der Waals surface area contributed by atoms with Gasteiger partial charge in [0.05, 0.1) is 0 Å². The Labute approximate surface area is 134 Å². The SMILES string of the molecule is CC(C)c1noc(CCNC(=O)NCc2ccccc2Cl)n1. The van der Waals surface area contributed by atoms with Crippen LogP contribution in [-0.4, -0.2) is 22.7 Å². The van der Waals surface area contributed by atoms with E-state index in [0.717, 1.165) is 5.56 Å². The molecule has 1 heterocycles. The highest BCUT2D eigenvalue weighted by atomic mass is 35.5. The summed E-state index contributed by atoms with van der Waals surface area (Å²) in [6, 6.07) is 7.13. The first-order chi connectivity index (χ1) is 10.6. The molecule has 0 saturated carbocycles. The van der Waals surface area contributed by atoms with Crippen molar-refractivity contribution in [3.05, 3.63) is 46.6 Å². The van der Waals surface area contributed by atoms with E-state index < -0.39 is 0 Å². The minimum atomic E-state index is -0.261. The molecule has 0 aliphatic carbocycles. The lowest BCUT2D eigenvalue weighted by molar-refractivity contribution is 0.240. The number of benzene rings is 1. The lowest BCUT2D eigenvalue weighted by Crippen LogP contribution is -2.36. The van der Waals surface area contributed by atoms with Crippen LogP contribution in [0.25, 0.3) is 0 Å². The maximum atomic E-state index is 11.7. The van der Waals surface area contributed by atoms with Gasteiger partial charge >= 0.3 is 6.03 Å². The Balaban J connectivity index is 1.70. The van der Waals surface area contributed by atoms with Crippen LogP contribution < -0.4 is 10.6 Å².